The fraction of sp³-hybridized carbons (Fsp3) is 0.318. The maximum Gasteiger partial charge on any atom is 0.253 e. The van der Waals surface area contributed by atoms with Crippen LogP contribution in [0.4, 0.5) is 4.39 Å². The van der Waals surface area contributed by atoms with E-state index in [2.05, 4.69) is 10.3 Å². The first-order valence-electron chi connectivity index (χ1n) is 9.73. The molecule has 7 heteroatoms. The molecule has 1 aliphatic heterocycles. The summed E-state index contributed by atoms with van der Waals surface area (Å²) in [4.78, 5) is 14.4. The lowest BCUT2D eigenvalue weighted by atomic mass is 10.0. The molecule has 1 amide bonds. The van der Waals surface area contributed by atoms with E-state index in [1.165, 1.54) is 6.07 Å². The van der Waals surface area contributed by atoms with Gasteiger partial charge in [0.05, 0.1) is 12.2 Å². The molecule has 0 radical (unpaired) electrons. The molecule has 29 heavy (non-hydrogen) atoms. The van der Waals surface area contributed by atoms with Gasteiger partial charge in [0.25, 0.3) is 5.91 Å². The van der Waals surface area contributed by atoms with Crippen LogP contribution in [0.5, 0.6) is 0 Å². The molecule has 4 rings (SSSR count). The van der Waals surface area contributed by atoms with Gasteiger partial charge in [-0.25, -0.2) is 9.07 Å². The monoisotopic (exact) mass is 394 g/mol. The fourth-order valence-electron chi connectivity index (χ4n) is 3.64. The van der Waals surface area contributed by atoms with Crippen LogP contribution in [0.1, 0.15) is 52.2 Å². The zero-order valence-electron chi connectivity index (χ0n) is 16.2. The summed E-state index contributed by atoms with van der Waals surface area (Å²) in [6.45, 7) is 2.81. The predicted octanol–water partition coefficient (Wildman–Crippen LogP) is 3.28. The SMILES string of the molecule is Cc1ccc(C(=O)N2CCC(n3cc([C@@H](O)c4ccccc4)nn3)CC2)cc1F. The average molecular weight is 394 g/mol. The number of benzene rings is 2. The third-order valence-corrected chi connectivity index (χ3v) is 5.47. The number of aliphatic hydroxyl groups excluding tert-OH is 1. The van der Waals surface area contributed by atoms with Crippen molar-refractivity contribution in [3.8, 4) is 0 Å². The van der Waals surface area contributed by atoms with Crippen molar-refractivity contribution >= 4 is 5.91 Å². The molecule has 2 heterocycles. The van der Waals surface area contributed by atoms with Gasteiger partial charge in [0.1, 0.15) is 17.6 Å². The number of amides is 1. The molecule has 6 nitrogen and oxygen atoms in total. The van der Waals surface area contributed by atoms with Gasteiger partial charge in [-0.3, -0.25) is 4.79 Å². The quantitative estimate of drug-likeness (QED) is 0.737. The highest BCUT2D eigenvalue weighted by Crippen LogP contribution is 2.25. The average Bonchev–Trinajstić information content (AvgIpc) is 3.25. The summed E-state index contributed by atoms with van der Waals surface area (Å²) in [6, 6.07) is 14.0. The van der Waals surface area contributed by atoms with Gasteiger partial charge in [0.2, 0.25) is 0 Å². The number of aryl methyl sites for hydroxylation is 1. The summed E-state index contributed by atoms with van der Waals surface area (Å²) in [5, 5.41) is 18.8. The van der Waals surface area contributed by atoms with Crippen molar-refractivity contribution in [2.24, 2.45) is 0 Å². The van der Waals surface area contributed by atoms with Crippen molar-refractivity contribution in [1.82, 2.24) is 19.9 Å². The zero-order valence-corrected chi connectivity index (χ0v) is 16.2. The topological polar surface area (TPSA) is 71.2 Å². The van der Waals surface area contributed by atoms with Crippen LogP contribution < -0.4 is 0 Å². The highest BCUT2D eigenvalue weighted by atomic mass is 19.1. The lowest BCUT2D eigenvalue weighted by Crippen LogP contribution is -2.39. The number of halogens is 1. The van der Waals surface area contributed by atoms with Crippen LogP contribution in [0.3, 0.4) is 0 Å². The van der Waals surface area contributed by atoms with Crippen molar-refractivity contribution < 1.29 is 14.3 Å². The van der Waals surface area contributed by atoms with Crippen LogP contribution in [0, 0.1) is 12.7 Å². The normalized spacial score (nSPS) is 16.0. The molecular formula is C22H23FN4O2. The molecule has 2 aromatic carbocycles. The largest absolute Gasteiger partial charge is 0.382 e. The number of rotatable bonds is 4. The molecule has 1 aromatic heterocycles. The van der Waals surface area contributed by atoms with Crippen LogP contribution in [0.15, 0.2) is 54.7 Å². The number of likely N-dealkylation sites (tertiary alicyclic amines) is 1. The van der Waals surface area contributed by atoms with Gasteiger partial charge in [-0.05, 0) is 43.0 Å². The first kappa shape index (κ1) is 19.3. The molecule has 1 N–H and O–H groups in total. The Morgan fingerprint density at radius 3 is 2.59 bits per heavy atom. The molecule has 0 aliphatic carbocycles. The minimum atomic E-state index is -0.817. The molecule has 0 saturated carbocycles. The summed E-state index contributed by atoms with van der Waals surface area (Å²) >= 11 is 0. The molecular weight excluding hydrogens is 371 g/mol. The van der Waals surface area contributed by atoms with Crippen LogP contribution in [0.25, 0.3) is 0 Å². The lowest BCUT2D eigenvalue weighted by Gasteiger charge is -2.32. The Hall–Kier alpha value is -3.06. The second-order valence-electron chi connectivity index (χ2n) is 7.42. The van der Waals surface area contributed by atoms with Gasteiger partial charge in [0, 0.05) is 18.7 Å². The molecule has 150 valence electrons. The van der Waals surface area contributed by atoms with Crippen molar-refractivity contribution in [2.75, 3.05) is 13.1 Å². The van der Waals surface area contributed by atoms with E-state index in [0.717, 1.165) is 18.4 Å². The first-order valence-corrected chi connectivity index (χ1v) is 9.73. The Balaban J connectivity index is 1.39. The molecule has 1 fully saturated rings. The van der Waals surface area contributed by atoms with Crippen LogP contribution in [-0.2, 0) is 0 Å². The van der Waals surface area contributed by atoms with Gasteiger partial charge in [-0.1, -0.05) is 41.6 Å². The summed E-state index contributed by atoms with van der Waals surface area (Å²) in [7, 11) is 0. The molecule has 1 atom stereocenters. The number of aromatic nitrogens is 3. The Labute approximate surface area is 168 Å². The number of hydrogen-bond acceptors (Lipinski definition) is 4. The van der Waals surface area contributed by atoms with Gasteiger partial charge >= 0.3 is 0 Å². The maximum atomic E-state index is 13.8. The highest BCUT2D eigenvalue weighted by Gasteiger charge is 2.26. The molecule has 0 unspecified atom stereocenters. The van der Waals surface area contributed by atoms with E-state index in [1.807, 2.05) is 30.3 Å². The third kappa shape index (κ3) is 4.05. The van der Waals surface area contributed by atoms with E-state index in [0.29, 0.717) is 29.9 Å². The smallest absolute Gasteiger partial charge is 0.253 e. The Morgan fingerprint density at radius 2 is 1.90 bits per heavy atom. The summed E-state index contributed by atoms with van der Waals surface area (Å²) in [5.41, 5.74) is 2.18. The van der Waals surface area contributed by atoms with Gasteiger partial charge in [0.15, 0.2) is 0 Å². The zero-order chi connectivity index (χ0) is 20.4. The third-order valence-electron chi connectivity index (χ3n) is 5.47. The van der Waals surface area contributed by atoms with Crippen molar-refractivity contribution in [3.63, 3.8) is 0 Å². The number of nitrogens with zero attached hydrogens (tertiary/aromatic N) is 4. The van der Waals surface area contributed by atoms with E-state index in [1.54, 1.807) is 34.8 Å². The molecule has 1 aliphatic rings. The van der Waals surface area contributed by atoms with Crippen molar-refractivity contribution in [1.29, 1.82) is 0 Å². The highest BCUT2D eigenvalue weighted by molar-refractivity contribution is 5.94. The van der Waals surface area contributed by atoms with Crippen LogP contribution in [-0.4, -0.2) is 44.0 Å². The second kappa shape index (κ2) is 8.13. The van der Waals surface area contributed by atoms with Crippen molar-refractivity contribution in [2.45, 2.75) is 31.9 Å². The maximum absolute atomic E-state index is 13.8. The molecule has 1 saturated heterocycles. The number of aliphatic hydroxyl groups is 1. The fourth-order valence-corrected chi connectivity index (χ4v) is 3.64. The minimum absolute atomic E-state index is 0.109. The Morgan fingerprint density at radius 1 is 1.17 bits per heavy atom. The number of hydrogen-bond donors (Lipinski definition) is 1. The van der Waals surface area contributed by atoms with Crippen molar-refractivity contribution in [3.05, 3.63) is 82.9 Å². The standard InChI is InChI=1S/C22H23FN4O2/c1-15-7-8-17(13-19(15)23)22(29)26-11-9-18(10-12-26)27-14-20(24-25-27)21(28)16-5-3-2-4-6-16/h2-8,13-14,18,21,28H,9-12H2,1H3/t21-/m0/s1. The van der Waals surface area contributed by atoms with Gasteiger partial charge < -0.3 is 10.0 Å². The predicted molar refractivity (Wildman–Crippen MR) is 106 cm³/mol. The summed E-state index contributed by atoms with van der Waals surface area (Å²) < 4.78 is 15.5. The van der Waals surface area contributed by atoms with E-state index >= 15 is 0 Å². The van der Waals surface area contributed by atoms with E-state index in [9.17, 15) is 14.3 Å². The van der Waals surface area contributed by atoms with Crippen LogP contribution >= 0.6 is 0 Å². The van der Waals surface area contributed by atoms with Gasteiger partial charge in [-0.2, -0.15) is 0 Å². The molecule has 0 bridgehead atoms. The molecule has 3 aromatic rings. The molecule has 0 spiro atoms. The number of carbonyl (C=O) groups is 1. The number of carbonyl (C=O) groups excluding carboxylic acids is 1. The first-order chi connectivity index (χ1) is 14.0. The Bertz CT molecular complexity index is 997. The van der Waals surface area contributed by atoms with E-state index in [4.69, 9.17) is 0 Å². The number of piperidine rings is 1. The summed E-state index contributed by atoms with van der Waals surface area (Å²) in [6.07, 6.45) is 2.41. The van der Waals surface area contributed by atoms with E-state index in [-0.39, 0.29) is 17.8 Å². The lowest BCUT2D eigenvalue weighted by molar-refractivity contribution is 0.0688. The Kier molecular flexibility index (Phi) is 5.40. The van der Waals surface area contributed by atoms with Crippen LogP contribution in [0.2, 0.25) is 0 Å². The summed E-state index contributed by atoms with van der Waals surface area (Å²) in [5.74, 6) is -0.515. The minimum Gasteiger partial charge on any atom is -0.382 e. The van der Waals surface area contributed by atoms with E-state index < -0.39 is 6.10 Å². The van der Waals surface area contributed by atoms with Gasteiger partial charge in [-0.15, -0.1) is 5.10 Å². The second-order valence-corrected chi connectivity index (χ2v) is 7.42.